The summed E-state index contributed by atoms with van der Waals surface area (Å²) in [7, 11) is 2.46. The Hall–Kier alpha value is -1.86. The molecule has 2 aromatic heterocycles. The molecule has 0 spiro atoms. The average molecular weight is 429 g/mol. The third-order valence-corrected chi connectivity index (χ3v) is 7.33. The van der Waals surface area contributed by atoms with E-state index in [2.05, 4.69) is 40.6 Å². The Morgan fingerprint density at radius 1 is 1.47 bits per heavy atom. The van der Waals surface area contributed by atoms with E-state index in [0.717, 1.165) is 49.3 Å². The number of hydrogen-bond donors (Lipinski definition) is 2. The van der Waals surface area contributed by atoms with Gasteiger partial charge in [-0.25, -0.2) is 4.98 Å². The highest BCUT2D eigenvalue weighted by Crippen LogP contribution is 2.30. The molecule has 0 unspecified atom stereocenters. The van der Waals surface area contributed by atoms with E-state index in [1.54, 1.807) is 26.3 Å². The smallest absolute Gasteiger partial charge is 0.376 e. The molecule has 0 amide bonds. The number of rotatable bonds is 6. The van der Waals surface area contributed by atoms with Crippen LogP contribution in [0.2, 0.25) is 32.5 Å². The van der Waals surface area contributed by atoms with Crippen LogP contribution in [0.25, 0.3) is 11.0 Å². The van der Waals surface area contributed by atoms with Crippen molar-refractivity contribution in [2.45, 2.75) is 51.4 Å². The van der Waals surface area contributed by atoms with Gasteiger partial charge in [0.05, 0.1) is 16.6 Å². The van der Waals surface area contributed by atoms with Crippen molar-refractivity contribution >= 4 is 31.8 Å². The van der Waals surface area contributed by atoms with Gasteiger partial charge in [0.15, 0.2) is 0 Å². The van der Waals surface area contributed by atoms with Gasteiger partial charge in [0.25, 0.3) is 0 Å². The van der Waals surface area contributed by atoms with Crippen molar-refractivity contribution in [1.82, 2.24) is 14.8 Å². The lowest BCUT2D eigenvalue weighted by Crippen LogP contribution is -2.51. The molecule has 2 N–H and O–H groups in total. The van der Waals surface area contributed by atoms with Crippen LogP contribution in [0.4, 0.5) is 5.69 Å². The van der Waals surface area contributed by atoms with Gasteiger partial charge in [-0.1, -0.05) is 19.6 Å². The normalized spacial score (nSPS) is 16.9. The van der Waals surface area contributed by atoms with Crippen molar-refractivity contribution in [3.8, 4) is 6.07 Å². The molecule has 0 bridgehead atoms. The number of hydrogen-bond acceptors (Lipinski definition) is 6. The van der Waals surface area contributed by atoms with E-state index in [1.165, 1.54) is 6.04 Å². The second-order valence-corrected chi connectivity index (χ2v) is 14.8. The van der Waals surface area contributed by atoms with Gasteiger partial charge in [0, 0.05) is 53.3 Å². The molecule has 1 aliphatic rings. The first-order valence-electron chi connectivity index (χ1n) is 10.7. The molecular weight excluding hydrogens is 393 g/mol. The molecular formula is C21H36BN5O2Si. The number of nitrogens with zero attached hydrogens (tertiary/aromatic N) is 4. The lowest BCUT2D eigenvalue weighted by atomic mass is 9.82. The van der Waals surface area contributed by atoms with Crippen LogP contribution in [0.3, 0.4) is 0 Å². The zero-order valence-electron chi connectivity index (χ0n) is 19.3. The number of nitriles is 1. The fraction of sp³-hybridized carbons (Fsp3) is 0.619. The molecule has 1 fully saturated rings. The molecule has 7 nitrogen and oxygen atoms in total. The number of nitrogens with one attached hydrogen (secondary N) is 1. The highest BCUT2D eigenvalue weighted by atomic mass is 28.3. The van der Waals surface area contributed by atoms with Crippen LogP contribution in [0.5, 0.6) is 0 Å². The van der Waals surface area contributed by atoms with Crippen molar-refractivity contribution in [3.63, 3.8) is 0 Å². The molecule has 0 saturated carbocycles. The van der Waals surface area contributed by atoms with E-state index in [4.69, 9.17) is 4.74 Å². The maximum Gasteiger partial charge on any atom is 0.376 e. The van der Waals surface area contributed by atoms with Crippen LogP contribution >= 0.6 is 0 Å². The first-order chi connectivity index (χ1) is 14.2. The first-order valence-corrected chi connectivity index (χ1v) is 14.4. The second-order valence-electron chi connectivity index (χ2n) is 9.21. The molecule has 0 radical (unpaired) electrons. The minimum absolute atomic E-state index is 0.307. The number of H-pyrrole nitrogens is 1. The van der Waals surface area contributed by atoms with Gasteiger partial charge in [0.1, 0.15) is 11.7 Å². The summed E-state index contributed by atoms with van der Waals surface area (Å²) in [6, 6.07) is 5.80. The Bertz CT molecular complexity index is 846. The summed E-state index contributed by atoms with van der Waals surface area (Å²) in [6.07, 6.45) is 5.63. The molecule has 0 aromatic carbocycles. The Labute approximate surface area is 182 Å². The number of likely N-dealkylation sites (N-methyl/N-ethyl adjacent to an activating group) is 1. The maximum absolute atomic E-state index is 9.80. The van der Waals surface area contributed by atoms with Crippen LogP contribution in [0.15, 0.2) is 18.5 Å². The minimum Gasteiger partial charge on any atom is -0.437 e. The fourth-order valence-corrected chi connectivity index (χ4v) is 4.43. The molecule has 2 aromatic rings. The highest BCUT2D eigenvalue weighted by molar-refractivity contribution is 6.76. The van der Waals surface area contributed by atoms with Crippen LogP contribution in [-0.4, -0.2) is 74.8 Å². The summed E-state index contributed by atoms with van der Waals surface area (Å²) in [4.78, 5) is 11.7. The fourth-order valence-electron chi connectivity index (χ4n) is 3.61. The Balaban J connectivity index is 0.000000343. The van der Waals surface area contributed by atoms with E-state index >= 15 is 0 Å². The monoisotopic (exact) mass is 429 g/mol. The van der Waals surface area contributed by atoms with Crippen molar-refractivity contribution in [2.24, 2.45) is 0 Å². The van der Waals surface area contributed by atoms with Crippen molar-refractivity contribution in [1.29, 1.82) is 5.26 Å². The summed E-state index contributed by atoms with van der Waals surface area (Å²) in [5, 5.41) is 20.0. The van der Waals surface area contributed by atoms with Crippen LogP contribution in [-0.2, 0) is 4.74 Å². The van der Waals surface area contributed by atoms with Crippen LogP contribution in [0.1, 0.15) is 18.4 Å². The number of fused-ring (bicyclic) bond motifs is 1. The van der Waals surface area contributed by atoms with Gasteiger partial charge in [0.2, 0.25) is 0 Å². The Morgan fingerprint density at radius 2 is 2.20 bits per heavy atom. The molecule has 30 heavy (non-hydrogen) atoms. The quantitative estimate of drug-likeness (QED) is 0.685. The van der Waals surface area contributed by atoms with E-state index in [-0.39, 0.29) is 0 Å². The number of methoxy groups -OCH3 is 1. The number of ether oxygens (including phenoxy) is 1. The molecule has 1 saturated heterocycles. The SMILES string of the molecule is CB(O)N(C)[C@H]1CCCN(c2ccnc3[nH]cc(C#N)c23)C1.COCC[Si](C)(C)C. The number of pyridine rings is 1. The number of aromatic nitrogens is 2. The van der Waals surface area contributed by atoms with Crippen molar-refractivity contribution in [3.05, 3.63) is 24.0 Å². The number of piperidine rings is 1. The summed E-state index contributed by atoms with van der Waals surface area (Å²) >= 11 is 0. The van der Waals surface area contributed by atoms with Crippen molar-refractivity contribution < 1.29 is 9.76 Å². The summed E-state index contributed by atoms with van der Waals surface area (Å²) < 4.78 is 4.95. The topological polar surface area (TPSA) is 88.4 Å². The molecule has 3 rings (SSSR count). The standard InChI is InChI=1S/C15H20BN5O.C6H16OSi/c1-16(22)20(2)12-4-3-7-21(10-12)13-5-6-18-15-14(13)11(8-17)9-19-15;1-7-5-6-8(2,3)4/h5-6,9,12,22H,3-4,7,10H2,1-2H3,(H,18,19);5-6H2,1-4H3/t12-;/m0./s1. The van der Waals surface area contributed by atoms with E-state index < -0.39 is 15.1 Å². The van der Waals surface area contributed by atoms with Gasteiger partial charge in [-0.3, -0.25) is 0 Å². The highest BCUT2D eigenvalue weighted by Gasteiger charge is 2.28. The third-order valence-electron chi connectivity index (χ3n) is 5.63. The van der Waals surface area contributed by atoms with Gasteiger partial charge in [-0.05, 0) is 38.8 Å². The second kappa shape index (κ2) is 11.0. The van der Waals surface area contributed by atoms with Gasteiger partial charge >= 0.3 is 7.05 Å². The van der Waals surface area contributed by atoms with Crippen LogP contribution in [0, 0.1) is 11.3 Å². The summed E-state index contributed by atoms with van der Waals surface area (Å²) in [6.45, 7) is 11.6. The van der Waals surface area contributed by atoms with Crippen molar-refractivity contribution in [2.75, 3.05) is 38.8 Å². The van der Waals surface area contributed by atoms with Crippen LogP contribution < -0.4 is 4.90 Å². The lowest BCUT2D eigenvalue weighted by molar-refractivity contribution is 0.214. The first kappa shape index (κ1) is 24.4. The van der Waals surface area contributed by atoms with E-state index in [9.17, 15) is 10.3 Å². The average Bonchev–Trinajstić information content (AvgIpc) is 3.15. The summed E-state index contributed by atoms with van der Waals surface area (Å²) in [5.74, 6) is 0. The molecule has 1 aliphatic heterocycles. The maximum atomic E-state index is 9.80. The predicted octanol–water partition coefficient (Wildman–Crippen LogP) is 3.42. The van der Waals surface area contributed by atoms with E-state index in [1.807, 2.05) is 17.9 Å². The zero-order chi connectivity index (χ0) is 22.3. The molecule has 164 valence electrons. The van der Waals surface area contributed by atoms with E-state index in [0.29, 0.717) is 11.6 Å². The van der Waals surface area contributed by atoms with Gasteiger partial charge < -0.3 is 24.5 Å². The zero-order valence-corrected chi connectivity index (χ0v) is 20.3. The van der Waals surface area contributed by atoms with Gasteiger partial charge in [-0.15, -0.1) is 0 Å². The lowest BCUT2D eigenvalue weighted by Gasteiger charge is -2.39. The molecule has 9 heteroatoms. The number of aromatic amines is 1. The van der Waals surface area contributed by atoms with Gasteiger partial charge in [-0.2, -0.15) is 5.26 Å². The molecule has 1 atom stereocenters. The Kier molecular flexibility index (Phi) is 8.92. The third kappa shape index (κ3) is 6.57. The molecule has 0 aliphatic carbocycles. The summed E-state index contributed by atoms with van der Waals surface area (Å²) in [5.41, 5.74) is 2.43. The minimum atomic E-state index is -0.803. The largest absolute Gasteiger partial charge is 0.437 e. The molecule has 3 heterocycles. The number of anilines is 1. The predicted molar refractivity (Wildman–Crippen MR) is 128 cm³/mol. The Morgan fingerprint density at radius 3 is 2.77 bits per heavy atom.